The maximum atomic E-state index is 13.4. The van der Waals surface area contributed by atoms with Gasteiger partial charge >= 0.3 is 0 Å². The smallest absolute Gasteiger partial charge is 0.124 e. The van der Waals surface area contributed by atoms with Gasteiger partial charge < -0.3 is 4.74 Å². The highest BCUT2D eigenvalue weighted by Crippen LogP contribution is 2.35. The van der Waals surface area contributed by atoms with Crippen LogP contribution in [0.2, 0.25) is 0 Å². The van der Waals surface area contributed by atoms with Crippen molar-refractivity contribution < 1.29 is 9.13 Å². The fraction of sp³-hybridized carbons (Fsp3) is 0.200. The lowest BCUT2D eigenvalue weighted by Gasteiger charge is -2.12. The first-order valence-corrected chi connectivity index (χ1v) is 7.22. The Hall–Kier alpha value is -1.06. The number of alkyl halides is 1. The molecular weight excluding hydrogens is 331 g/mol. The van der Waals surface area contributed by atoms with E-state index in [1.54, 1.807) is 0 Å². The van der Waals surface area contributed by atoms with Crippen LogP contribution in [0.25, 0.3) is 0 Å². The molecule has 98 valence electrons. The first-order chi connectivity index (χ1) is 9.13. The highest BCUT2D eigenvalue weighted by molar-refractivity contribution is 9.10. The summed E-state index contributed by atoms with van der Waals surface area (Å²) in [6.07, 6.45) is 0.902. The topological polar surface area (TPSA) is 9.23 Å². The van der Waals surface area contributed by atoms with Crippen molar-refractivity contribution in [3.63, 3.8) is 0 Å². The molecule has 0 radical (unpaired) electrons. The molecule has 1 atom stereocenters. The fourth-order valence-electron chi connectivity index (χ4n) is 2.28. The van der Waals surface area contributed by atoms with Crippen molar-refractivity contribution >= 4 is 27.5 Å². The summed E-state index contributed by atoms with van der Waals surface area (Å²) in [5.41, 5.74) is 2.87. The van der Waals surface area contributed by atoms with Crippen LogP contribution < -0.4 is 4.74 Å². The molecule has 0 N–H and O–H groups in total. The van der Waals surface area contributed by atoms with E-state index in [1.807, 2.05) is 24.3 Å². The predicted octanol–water partition coefficient (Wildman–Crippen LogP) is 4.85. The van der Waals surface area contributed by atoms with E-state index in [0.29, 0.717) is 4.47 Å². The van der Waals surface area contributed by atoms with Crippen molar-refractivity contribution in [3.05, 3.63) is 63.4 Å². The number of hydrogen-bond acceptors (Lipinski definition) is 1. The van der Waals surface area contributed by atoms with Gasteiger partial charge in [-0.15, -0.1) is 11.6 Å². The average molecular weight is 342 g/mol. The Morgan fingerprint density at radius 1 is 1.16 bits per heavy atom. The number of fused-ring (bicyclic) bond motifs is 1. The molecule has 1 unspecified atom stereocenters. The van der Waals surface area contributed by atoms with Crippen LogP contribution in [0.4, 0.5) is 4.39 Å². The van der Waals surface area contributed by atoms with Crippen molar-refractivity contribution in [2.24, 2.45) is 0 Å². The van der Waals surface area contributed by atoms with Crippen LogP contribution >= 0.6 is 27.5 Å². The Balaban J connectivity index is 1.97. The number of rotatable bonds is 2. The van der Waals surface area contributed by atoms with Gasteiger partial charge in [0.05, 0.1) is 12.0 Å². The second-order valence-corrected chi connectivity index (χ2v) is 5.88. The summed E-state index contributed by atoms with van der Waals surface area (Å²) < 4.78 is 19.6. The third-order valence-electron chi connectivity index (χ3n) is 3.18. The van der Waals surface area contributed by atoms with E-state index in [-0.39, 0.29) is 11.2 Å². The lowest BCUT2D eigenvalue weighted by molar-refractivity contribution is 0.357. The van der Waals surface area contributed by atoms with Gasteiger partial charge in [0.2, 0.25) is 0 Å². The van der Waals surface area contributed by atoms with Gasteiger partial charge in [-0.2, -0.15) is 0 Å². The van der Waals surface area contributed by atoms with Gasteiger partial charge in [-0.3, -0.25) is 0 Å². The minimum absolute atomic E-state index is 0.292. The zero-order valence-corrected chi connectivity index (χ0v) is 12.3. The molecule has 19 heavy (non-hydrogen) atoms. The standard InChI is InChI=1S/C15H11BrClFO/c16-12-6-11(7-13(18)8-12)15(17)10-1-2-14-9(5-10)3-4-19-14/h1-2,5-8,15H,3-4H2. The largest absolute Gasteiger partial charge is 0.493 e. The minimum Gasteiger partial charge on any atom is -0.493 e. The molecule has 1 aliphatic rings. The lowest BCUT2D eigenvalue weighted by Crippen LogP contribution is -1.95. The van der Waals surface area contributed by atoms with Gasteiger partial charge in [0.1, 0.15) is 11.6 Å². The summed E-state index contributed by atoms with van der Waals surface area (Å²) >= 11 is 9.73. The molecule has 2 aromatic carbocycles. The van der Waals surface area contributed by atoms with Crippen molar-refractivity contribution in [1.82, 2.24) is 0 Å². The average Bonchev–Trinajstić information content (AvgIpc) is 2.83. The molecule has 1 heterocycles. The molecule has 0 fully saturated rings. The van der Waals surface area contributed by atoms with Gasteiger partial charge in [-0.1, -0.05) is 28.1 Å². The summed E-state index contributed by atoms with van der Waals surface area (Å²) in [5, 5.41) is -0.363. The summed E-state index contributed by atoms with van der Waals surface area (Å²) in [5.74, 6) is 0.632. The van der Waals surface area contributed by atoms with Gasteiger partial charge in [0, 0.05) is 10.9 Å². The van der Waals surface area contributed by atoms with Crippen LogP contribution in [0.5, 0.6) is 5.75 Å². The predicted molar refractivity (Wildman–Crippen MR) is 77.4 cm³/mol. The third-order valence-corrected chi connectivity index (χ3v) is 4.15. The molecule has 0 aromatic heterocycles. The van der Waals surface area contributed by atoms with E-state index in [0.717, 1.165) is 29.9 Å². The van der Waals surface area contributed by atoms with Crippen LogP contribution in [0.1, 0.15) is 22.1 Å². The molecule has 1 aliphatic heterocycles. The van der Waals surface area contributed by atoms with Crippen molar-refractivity contribution in [3.8, 4) is 5.75 Å². The van der Waals surface area contributed by atoms with E-state index in [9.17, 15) is 4.39 Å². The maximum Gasteiger partial charge on any atom is 0.124 e. The Labute approximate surface area is 124 Å². The quantitative estimate of drug-likeness (QED) is 0.709. The molecule has 0 spiro atoms. The number of ether oxygens (including phenoxy) is 1. The molecule has 4 heteroatoms. The maximum absolute atomic E-state index is 13.4. The monoisotopic (exact) mass is 340 g/mol. The Morgan fingerprint density at radius 2 is 2.00 bits per heavy atom. The molecular formula is C15H11BrClFO. The van der Waals surface area contributed by atoms with E-state index in [2.05, 4.69) is 15.9 Å². The van der Waals surface area contributed by atoms with E-state index >= 15 is 0 Å². The Morgan fingerprint density at radius 3 is 2.79 bits per heavy atom. The number of benzene rings is 2. The summed E-state index contributed by atoms with van der Waals surface area (Å²) in [6.45, 7) is 0.719. The number of hydrogen-bond donors (Lipinski definition) is 0. The van der Waals surface area contributed by atoms with Crippen molar-refractivity contribution in [2.75, 3.05) is 6.61 Å². The van der Waals surface area contributed by atoms with Crippen LogP contribution in [0.15, 0.2) is 40.9 Å². The van der Waals surface area contributed by atoms with Crippen molar-refractivity contribution in [1.29, 1.82) is 0 Å². The summed E-state index contributed by atoms with van der Waals surface area (Å²) in [6, 6.07) is 10.6. The molecule has 0 bridgehead atoms. The van der Waals surface area contributed by atoms with E-state index < -0.39 is 0 Å². The molecule has 0 saturated heterocycles. The normalized spacial score (nSPS) is 14.9. The fourth-order valence-corrected chi connectivity index (χ4v) is 3.02. The van der Waals surface area contributed by atoms with Gasteiger partial charge in [-0.25, -0.2) is 4.39 Å². The molecule has 0 aliphatic carbocycles. The van der Waals surface area contributed by atoms with Crippen LogP contribution in [0.3, 0.4) is 0 Å². The minimum atomic E-state index is -0.363. The zero-order valence-electron chi connectivity index (χ0n) is 10.00. The molecule has 3 rings (SSSR count). The van der Waals surface area contributed by atoms with Gasteiger partial charge in [-0.05, 0) is 41.0 Å². The molecule has 2 aromatic rings. The SMILES string of the molecule is Fc1cc(Br)cc(C(Cl)c2ccc3c(c2)CCO3)c1. The highest BCUT2D eigenvalue weighted by atomic mass is 79.9. The second kappa shape index (κ2) is 5.14. The van der Waals surface area contributed by atoms with Gasteiger partial charge in [0.15, 0.2) is 0 Å². The highest BCUT2D eigenvalue weighted by Gasteiger charge is 2.17. The molecule has 0 amide bonds. The Bertz CT molecular complexity index is 609. The van der Waals surface area contributed by atoms with Crippen LogP contribution in [0, 0.1) is 5.82 Å². The van der Waals surface area contributed by atoms with Crippen LogP contribution in [-0.2, 0) is 6.42 Å². The van der Waals surface area contributed by atoms with E-state index in [4.69, 9.17) is 16.3 Å². The lowest BCUT2D eigenvalue weighted by atomic mass is 10.0. The Kier molecular flexibility index (Phi) is 3.50. The first-order valence-electron chi connectivity index (χ1n) is 5.99. The third kappa shape index (κ3) is 2.63. The number of halogens is 3. The summed E-state index contributed by atoms with van der Waals surface area (Å²) in [4.78, 5) is 0. The summed E-state index contributed by atoms with van der Waals surface area (Å²) in [7, 11) is 0. The van der Waals surface area contributed by atoms with Crippen LogP contribution in [-0.4, -0.2) is 6.61 Å². The zero-order chi connectivity index (χ0) is 13.4. The van der Waals surface area contributed by atoms with Gasteiger partial charge in [0.25, 0.3) is 0 Å². The molecule has 0 saturated carbocycles. The first kappa shape index (κ1) is 12.9. The molecule has 1 nitrogen and oxygen atoms in total. The van der Waals surface area contributed by atoms with Crippen molar-refractivity contribution in [2.45, 2.75) is 11.8 Å². The van der Waals surface area contributed by atoms with E-state index in [1.165, 1.54) is 17.7 Å². The second-order valence-electron chi connectivity index (χ2n) is 4.53.